The van der Waals surface area contributed by atoms with Crippen molar-refractivity contribution in [1.29, 1.82) is 0 Å². The number of likely N-dealkylation sites (tertiary alicyclic amines) is 1. The van der Waals surface area contributed by atoms with E-state index in [-0.39, 0.29) is 17.6 Å². The van der Waals surface area contributed by atoms with Crippen molar-refractivity contribution in [3.05, 3.63) is 21.7 Å². The van der Waals surface area contributed by atoms with Crippen molar-refractivity contribution in [2.45, 2.75) is 64.7 Å². The van der Waals surface area contributed by atoms with Gasteiger partial charge in [0, 0.05) is 13.1 Å². The molecule has 1 aromatic heterocycles. The Balaban J connectivity index is 1.82. The van der Waals surface area contributed by atoms with Crippen LogP contribution in [0.2, 0.25) is 0 Å². The molecule has 2 aliphatic rings. The zero-order chi connectivity index (χ0) is 15.7. The first kappa shape index (κ1) is 15.4. The molecule has 0 atom stereocenters. The Hall–Kier alpha value is -1.52. The largest absolute Gasteiger partial charge is 0.362 e. The van der Waals surface area contributed by atoms with Crippen molar-refractivity contribution in [2.75, 3.05) is 13.1 Å². The van der Waals surface area contributed by atoms with E-state index in [1.807, 2.05) is 6.92 Å². The minimum absolute atomic E-state index is 0.177. The van der Waals surface area contributed by atoms with E-state index in [1.54, 1.807) is 4.90 Å². The van der Waals surface area contributed by atoms with Crippen LogP contribution >= 0.6 is 0 Å². The first-order chi connectivity index (χ1) is 10.6. The summed E-state index contributed by atoms with van der Waals surface area (Å²) in [7, 11) is 0. The second-order valence-electron chi connectivity index (χ2n) is 6.96. The topological polar surface area (TPSA) is 55.5 Å². The summed E-state index contributed by atoms with van der Waals surface area (Å²) < 4.78 is 6.55. The number of aromatic nitrogens is 1. The van der Waals surface area contributed by atoms with Crippen molar-refractivity contribution in [1.82, 2.24) is 9.64 Å². The Morgan fingerprint density at radius 1 is 1.09 bits per heavy atom. The molecule has 0 unspecified atom stereocenters. The van der Waals surface area contributed by atoms with Crippen molar-refractivity contribution in [2.24, 2.45) is 5.92 Å². The Kier molecular flexibility index (Phi) is 4.41. The zero-order valence-electron chi connectivity index (χ0n) is 13.6. The number of amides is 1. The van der Waals surface area contributed by atoms with Gasteiger partial charge in [0.1, 0.15) is 0 Å². The summed E-state index contributed by atoms with van der Waals surface area (Å²) in [4.78, 5) is 26.7. The minimum atomic E-state index is -0.317. The molecule has 1 saturated heterocycles. The summed E-state index contributed by atoms with van der Waals surface area (Å²) in [5.41, 5.74) is 1.13. The molecule has 1 saturated carbocycles. The van der Waals surface area contributed by atoms with Gasteiger partial charge in [-0.25, -0.2) is 9.59 Å². The van der Waals surface area contributed by atoms with E-state index in [2.05, 4.69) is 6.92 Å². The Bertz CT molecular complexity index is 588. The highest BCUT2D eigenvalue weighted by molar-refractivity contribution is 5.76. The van der Waals surface area contributed by atoms with E-state index >= 15 is 0 Å². The van der Waals surface area contributed by atoms with Gasteiger partial charge in [0.25, 0.3) is 0 Å². The average molecular weight is 306 g/mol. The Morgan fingerprint density at radius 2 is 1.73 bits per heavy atom. The third-order valence-corrected chi connectivity index (χ3v) is 5.33. The number of rotatable bonds is 1. The number of nitrogens with zero attached hydrogens (tertiary/aromatic N) is 2. The quantitative estimate of drug-likeness (QED) is 0.798. The van der Waals surface area contributed by atoms with Crippen molar-refractivity contribution >= 4 is 6.03 Å². The molecule has 2 fully saturated rings. The van der Waals surface area contributed by atoms with Gasteiger partial charge in [-0.1, -0.05) is 26.2 Å². The van der Waals surface area contributed by atoms with Gasteiger partial charge >= 0.3 is 11.7 Å². The van der Waals surface area contributed by atoms with Crippen LogP contribution in [0, 0.1) is 12.8 Å². The van der Waals surface area contributed by atoms with E-state index in [9.17, 15) is 9.59 Å². The average Bonchev–Trinajstić information content (AvgIpc) is 2.83. The third-order valence-electron chi connectivity index (χ3n) is 5.33. The number of carbonyl (C=O) groups excluding carboxylic acids is 1. The molecule has 0 aromatic carbocycles. The highest BCUT2D eigenvalue weighted by Crippen LogP contribution is 2.33. The summed E-state index contributed by atoms with van der Waals surface area (Å²) in [6.07, 6.45) is 7.67. The lowest BCUT2D eigenvalue weighted by Gasteiger charge is -2.29. The summed E-state index contributed by atoms with van der Waals surface area (Å²) >= 11 is 0. The van der Waals surface area contributed by atoms with Gasteiger partial charge in [0.15, 0.2) is 0 Å². The van der Waals surface area contributed by atoms with Gasteiger partial charge in [-0.05, 0) is 44.4 Å². The van der Waals surface area contributed by atoms with Crippen LogP contribution in [0.3, 0.4) is 0 Å². The fourth-order valence-corrected chi connectivity index (χ4v) is 3.82. The summed E-state index contributed by atoms with van der Waals surface area (Å²) in [6.45, 7) is 5.56. The summed E-state index contributed by atoms with van der Waals surface area (Å²) in [5.74, 6) is 0.931. The van der Waals surface area contributed by atoms with Gasteiger partial charge in [-0.3, -0.25) is 0 Å². The zero-order valence-corrected chi connectivity index (χ0v) is 13.6. The van der Waals surface area contributed by atoms with E-state index in [4.69, 9.17) is 4.52 Å². The van der Waals surface area contributed by atoms with Crippen LogP contribution in [0.15, 0.2) is 9.32 Å². The Morgan fingerprint density at radius 3 is 2.36 bits per heavy atom. The second kappa shape index (κ2) is 6.31. The molecule has 5 heteroatoms. The number of hydrogen-bond donors (Lipinski definition) is 0. The van der Waals surface area contributed by atoms with E-state index < -0.39 is 0 Å². The fraction of sp³-hybridized carbons (Fsp3) is 0.765. The highest BCUT2D eigenvalue weighted by atomic mass is 16.5. The molecule has 1 aliphatic heterocycles. The summed E-state index contributed by atoms with van der Waals surface area (Å²) in [5, 5.41) is 0. The lowest BCUT2D eigenvalue weighted by atomic mass is 9.84. The first-order valence-electron chi connectivity index (χ1n) is 8.60. The molecule has 1 amide bonds. The van der Waals surface area contributed by atoms with E-state index in [0.29, 0.717) is 11.6 Å². The van der Waals surface area contributed by atoms with Crippen LogP contribution in [0.4, 0.5) is 4.79 Å². The molecule has 0 N–H and O–H groups in total. The number of piperidine rings is 1. The standard InChI is InChI=1S/C17H26N2O3/c1-12-8-10-18(11-9-12)17(21)19-13(2)15(16(20)22-19)14-6-4-3-5-7-14/h12,14H,3-11H2,1-2H3. The van der Waals surface area contributed by atoms with Gasteiger partial charge in [0.2, 0.25) is 0 Å². The second-order valence-corrected chi connectivity index (χ2v) is 6.96. The number of carbonyl (C=O) groups is 1. The van der Waals surface area contributed by atoms with E-state index in [0.717, 1.165) is 57.2 Å². The fourth-order valence-electron chi connectivity index (χ4n) is 3.82. The van der Waals surface area contributed by atoms with Crippen LogP contribution in [0.1, 0.15) is 69.0 Å². The van der Waals surface area contributed by atoms with Crippen molar-refractivity contribution in [3.63, 3.8) is 0 Å². The molecule has 2 heterocycles. The molecular formula is C17H26N2O3. The smallest absolute Gasteiger partial charge is 0.327 e. The predicted octanol–water partition coefficient (Wildman–Crippen LogP) is 3.50. The first-order valence-corrected chi connectivity index (χ1v) is 8.60. The molecule has 22 heavy (non-hydrogen) atoms. The lowest BCUT2D eigenvalue weighted by Crippen LogP contribution is -2.40. The predicted molar refractivity (Wildman–Crippen MR) is 84.3 cm³/mol. The van der Waals surface area contributed by atoms with Gasteiger partial charge in [-0.2, -0.15) is 0 Å². The maximum Gasteiger partial charge on any atom is 0.362 e. The van der Waals surface area contributed by atoms with Crippen LogP contribution in [0.5, 0.6) is 0 Å². The normalized spacial score (nSPS) is 21.3. The van der Waals surface area contributed by atoms with Gasteiger partial charge < -0.3 is 9.42 Å². The molecule has 3 rings (SSSR count). The summed E-state index contributed by atoms with van der Waals surface area (Å²) in [6, 6.07) is -0.177. The lowest BCUT2D eigenvalue weighted by molar-refractivity contribution is 0.146. The van der Waals surface area contributed by atoms with Crippen LogP contribution in [-0.4, -0.2) is 28.8 Å². The maximum atomic E-state index is 12.6. The highest BCUT2D eigenvalue weighted by Gasteiger charge is 2.29. The van der Waals surface area contributed by atoms with Crippen molar-refractivity contribution < 1.29 is 9.32 Å². The minimum Gasteiger partial charge on any atom is -0.327 e. The third kappa shape index (κ3) is 2.85. The molecule has 1 aromatic rings. The SMILES string of the molecule is Cc1c(C2CCCCC2)c(=O)on1C(=O)N1CCC(C)CC1. The van der Waals surface area contributed by atoms with Crippen LogP contribution < -0.4 is 5.63 Å². The molecule has 0 radical (unpaired) electrons. The maximum absolute atomic E-state index is 12.6. The van der Waals surface area contributed by atoms with E-state index in [1.165, 1.54) is 11.2 Å². The Labute approximate surface area is 131 Å². The molecule has 5 nitrogen and oxygen atoms in total. The number of hydrogen-bond acceptors (Lipinski definition) is 3. The van der Waals surface area contributed by atoms with Crippen LogP contribution in [0.25, 0.3) is 0 Å². The molecule has 122 valence electrons. The van der Waals surface area contributed by atoms with Gasteiger partial charge in [-0.15, -0.1) is 4.74 Å². The van der Waals surface area contributed by atoms with Gasteiger partial charge in [0.05, 0.1) is 11.3 Å². The van der Waals surface area contributed by atoms with Crippen molar-refractivity contribution in [3.8, 4) is 0 Å². The molecule has 0 bridgehead atoms. The van der Waals surface area contributed by atoms with Crippen LogP contribution in [-0.2, 0) is 0 Å². The monoisotopic (exact) mass is 306 g/mol. The molecule has 1 aliphatic carbocycles. The molecular weight excluding hydrogens is 280 g/mol. The molecule has 0 spiro atoms.